The zero-order valence-corrected chi connectivity index (χ0v) is 23.4. The molecule has 0 bridgehead atoms. The number of nitrogens with one attached hydrogen (secondary N) is 1. The number of aliphatic hydroxyl groups excluding tert-OH is 1. The van der Waals surface area contributed by atoms with Gasteiger partial charge in [0, 0.05) is 37.7 Å². The van der Waals surface area contributed by atoms with Crippen molar-refractivity contribution in [3.63, 3.8) is 0 Å². The van der Waals surface area contributed by atoms with Crippen molar-refractivity contribution >= 4 is 27.3 Å². The number of aliphatic carboxylic acids is 1. The molecule has 1 unspecified atom stereocenters. The maximum atomic E-state index is 13.8. The number of nitrogens with zero attached hydrogens (tertiary/aromatic N) is 1. The first-order valence-corrected chi connectivity index (χ1v) is 14.4. The number of halogens is 5. The average Bonchev–Trinajstić information content (AvgIpc) is 3.25. The Morgan fingerprint density at radius 3 is 2.31 bits per heavy atom. The summed E-state index contributed by atoms with van der Waals surface area (Å²) in [7, 11) is -3.22. The molecular weight excluding hydrogens is 567 g/mol. The van der Waals surface area contributed by atoms with E-state index in [1.165, 1.54) is 18.2 Å². The first kappa shape index (κ1) is 33.1. The number of carboxylic acids is 1. The van der Waals surface area contributed by atoms with Gasteiger partial charge in [-0.05, 0) is 69.7 Å². The number of alkyl halides is 3. The van der Waals surface area contributed by atoms with Crippen molar-refractivity contribution in [1.29, 1.82) is 0 Å². The summed E-state index contributed by atoms with van der Waals surface area (Å²) in [6.45, 7) is 3.18. The maximum Gasteiger partial charge on any atom is 0.425 e. The van der Waals surface area contributed by atoms with Gasteiger partial charge >= 0.3 is 12.1 Å². The lowest BCUT2D eigenvalue weighted by Crippen LogP contribution is -2.46. The lowest BCUT2D eigenvalue weighted by Gasteiger charge is -2.29. The number of rotatable bonds is 15. The molecule has 2 aromatic rings. The predicted octanol–water partition coefficient (Wildman–Crippen LogP) is 4.82. The van der Waals surface area contributed by atoms with Crippen LogP contribution in [0, 0.1) is 11.6 Å². The maximum absolute atomic E-state index is 13.8. The Morgan fingerprint density at radius 2 is 1.74 bits per heavy atom. The van der Waals surface area contributed by atoms with Crippen molar-refractivity contribution in [1.82, 2.24) is 9.62 Å². The summed E-state index contributed by atoms with van der Waals surface area (Å²) in [4.78, 5) is 9.60. The van der Waals surface area contributed by atoms with Crippen LogP contribution in [0.1, 0.15) is 55.5 Å². The zero-order valence-electron chi connectivity index (χ0n) is 21.8. The predicted molar refractivity (Wildman–Crippen MR) is 137 cm³/mol. The molecule has 220 valence electrons. The highest BCUT2D eigenvalue weighted by atomic mass is 32.2. The molecule has 2 rings (SSSR count). The van der Waals surface area contributed by atoms with Crippen molar-refractivity contribution < 1.29 is 45.4 Å². The Kier molecular flexibility index (Phi) is 11.4. The molecule has 0 saturated heterocycles. The van der Waals surface area contributed by atoms with E-state index in [0.717, 1.165) is 17.4 Å². The van der Waals surface area contributed by atoms with Crippen LogP contribution < -0.4 is 5.32 Å². The Hall–Kier alpha value is -2.13. The molecule has 0 amide bonds. The van der Waals surface area contributed by atoms with E-state index in [1.54, 1.807) is 0 Å². The fraction of sp³-hybridized carbons (Fsp3) is 0.560. The van der Waals surface area contributed by atoms with E-state index < -0.39 is 61.1 Å². The summed E-state index contributed by atoms with van der Waals surface area (Å²) in [5, 5.41) is 22.2. The molecule has 0 radical (unpaired) electrons. The van der Waals surface area contributed by atoms with Crippen LogP contribution in [0.5, 0.6) is 0 Å². The van der Waals surface area contributed by atoms with Gasteiger partial charge in [-0.1, -0.05) is 6.07 Å². The van der Waals surface area contributed by atoms with E-state index in [4.69, 9.17) is 5.11 Å². The first-order valence-electron chi connectivity index (χ1n) is 12.2. The molecule has 0 aliphatic carbocycles. The Morgan fingerprint density at radius 1 is 1.13 bits per heavy atom. The molecule has 0 fully saturated rings. The van der Waals surface area contributed by atoms with Crippen molar-refractivity contribution in [2.24, 2.45) is 0 Å². The van der Waals surface area contributed by atoms with Crippen molar-refractivity contribution in [3.8, 4) is 0 Å². The van der Waals surface area contributed by atoms with Crippen molar-refractivity contribution in [3.05, 3.63) is 51.9 Å². The second kappa shape index (κ2) is 13.5. The van der Waals surface area contributed by atoms with Crippen LogP contribution in [0.4, 0.5) is 22.0 Å². The molecule has 0 aliphatic heterocycles. The van der Waals surface area contributed by atoms with Gasteiger partial charge in [0.15, 0.2) is 0 Å². The molecule has 7 nitrogen and oxygen atoms in total. The van der Waals surface area contributed by atoms with Crippen LogP contribution in [-0.4, -0.2) is 60.7 Å². The fourth-order valence-corrected chi connectivity index (χ4v) is 6.79. The Labute approximate surface area is 228 Å². The number of hydrogen-bond acceptors (Lipinski definition) is 6. The minimum atomic E-state index is -4.80. The van der Waals surface area contributed by atoms with E-state index in [-0.39, 0.29) is 54.7 Å². The van der Waals surface area contributed by atoms with E-state index in [0.29, 0.717) is 12.8 Å². The van der Waals surface area contributed by atoms with Crippen molar-refractivity contribution in [2.45, 2.75) is 74.4 Å². The lowest BCUT2D eigenvalue weighted by molar-refractivity contribution is -0.137. The van der Waals surface area contributed by atoms with Gasteiger partial charge in [-0.2, -0.15) is 17.5 Å². The number of hydrogen-bond donors (Lipinski definition) is 3. The number of aliphatic hydroxyl groups is 1. The largest absolute Gasteiger partial charge is 0.481 e. The van der Waals surface area contributed by atoms with Gasteiger partial charge < -0.3 is 15.5 Å². The molecule has 1 aromatic carbocycles. The molecule has 14 heteroatoms. The van der Waals surface area contributed by atoms with Crippen LogP contribution >= 0.6 is 11.3 Å². The standard InChI is InChI=1S/C25H33F5N2O5S2/c1-24(2,12-6-8-18-19(26)9-5-10-20(18)27)31-14-17(33)15-32(3)39(36,37)22-13-16(7-4-11-21(34)35)23(38-22)25(28,29)30/h5,9-10,13,17,31,33H,4,6-8,11-12,14-15H2,1-3H3,(H,34,35). The third-order valence-corrected chi connectivity index (χ3v) is 9.61. The van der Waals surface area contributed by atoms with Crippen molar-refractivity contribution in [2.75, 3.05) is 20.1 Å². The zero-order chi connectivity index (χ0) is 29.6. The number of likely N-dealkylation sites (N-methyl/N-ethyl adjacent to an activating group) is 1. The second-order valence-electron chi connectivity index (χ2n) is 9.92. The van der Waals surface area contributed by atoms with E-state index in [9.17, 15) is 40.3 Å². The summed E-state index contributed by atoms with van der Waals surface area (Å²) in [6, 6.07) is 4.56. The summed E-state index contributed by atoms with van der Waals surface area (Å²) >= 11 is 0.0617. The van der Waals surface area contributed by atoms with E-state index >= 15 is 0 Å². The second-order valence-corrected chi connectivity index (χ2v) is 13.2. The summed E-state index contributed by atoms with van der Waals surface area (Å²) in [6.07, 6.45) is -5.59. The number of sulfonamides is 1. The summed E-state index contributed by atoms with van der Waals surface area (Å²) in [5.74, 6) is -2.42. The van der Waals surface area contributed by atoms with E-state index in [1.807, 2.05) is 13.8 Å². The summed E-state index contributed by atoms with van der Waals surface area (Å²) < 4.78 is 94.2. The quantitative estimate of drug-likeness (QED) is 0.253. The number of thiophene rings is 1. The average molecular weight is 601 g/mol. The van der Waals surface area contributed by atoms with Gasteiger partial charge in [-0.15, -0.1) is 11.3 Å². The third-order valence-electron chi connectivity index (χ3n) is 6.12. The van der Waals surface area contributed by atoms with Crippen LogP contribution in [0.2, 0.25) is 0 Å². The molecule has 1 heterocycles. The van der Waals surface area contributed by atoms with E-state index in [2.05, 4.69) is 5.32 Å². The van der Waals surface area contributed by atoms with Crippen LogP contribution in [0.15, 0.2) is 28.5 Å². The van der Waals surface area contributed by atoms with Crippen LogP contribution in [-0.2, 0) is 33.8 Å². The van der Waals surface area contributed by atoms with Crippen LogP contribution in [0.3, 0.4) is 0 Å². The third kappa shape index (κ3) is 9.78. The lowest BCUT2D eigenvalue weighted by atomic mass is 9.95. The molecule has 1 atom stereocenters. The number of carbonyl (C=O) groups is 1. The summed E-state index contributed by atoms with van der Waals surface area (Å²) in [5.41, 5.74) is -0.868. The van der Waals surface area contributed by atoms with Gasteiger partial charge in [0.1, 0.15) is 20.7 Å². The number of aryl methyl sites for hydroxylation is 1. The smallest absolute Gasteiger partial charge is 0.425 e. The van der Waals surface area contributed by atoms with Crippen LogP contribution in [0.25, 0.3) is 0 Å². The van der Waals surface area contributed by atoms with Gasteiger partial charge in [0.25, 0.3) is 10.0 Å². The highest BCUT2D eigenvalue weighted by Gasteiger charge is 2.38. The number of carboxylic acid groups (broad SMARTS) is 1. The minimum absolute atomic E-state index is 0.00698. The first-order chi connectivity index (χ1) is 17.9. The van der Waals surface area contributed by atoms with Gasteiger partial charge in [0.05, 0.1) is 6.10 Å². The highest BCUT2D eigenvalue weighted by molar-refractivity contribution is 7.91. The fourth-order valence-electron chi connectivity index (χ4n) is 3.96. The van der Waals surface area contributed by atoms with Gasteiger partial charge in [0.2, 0.25) is 0 Å². The minimum Gasteiger partial charge on any atom is -0.481 e. The normalized spacial score (nSPS) is 13.7. The SMILES string of the molecule is CN(CC(O)CNC(C)(C)CCCc1c(F)cccc1F)S(=O)(=O)c1cc(CCCC(=O)O)c(C(F)(F)F)s1. The molecule has 3 N–H and O–H groups in total. The molecule has 0 aliphatic rings. The Balaban J connectivity index is 1.97. The van der Waals surface area contributed by atoms with Gasteiger partial charge in [-0.25, -0.2) is 17.2 Å². The Bertz CT molecular complexity index is 1210. The monoisotopic (exact) mass is 600 g/mol. The number of β-amino-alcohol motifs (C(OH)–C–C–N with tert-alkyl or cyclic N) is 1. The number of benzene rings is 1. The highest BCUT2D eigenvalue weighted by Crippen LogP contribution is 2.40. The molecule has 0 spiro atoms. The molecule has 39 heavy (non-hydrogen) atoms. The van der Waals surface area contributed by atoms with Gasteiger partial charge in [-0.3, -0.25) is 4.79 Å². The molecule has 1 aromatic heterocycles. The molecular formula is C25H33F5N2O5S2. The topological polar surface area (TPSA) is 107 Å². The molecule has 0 saturated carbocycles.